The predicted molar refractivity (Wildman–Crippen MR) is 93.1 cm³/mol. The SMILES string of the molecule is Cc1ccc(CN(C)C(=O)c2sccc2S(=O)(=O)N2CCOCC2)o1. The molecule has 0 unspecified atom stereocenters. The van der Waals surface area contributed by atoms with Gasteiger partial charge in [0.25, 0.3) is 5.91 Å². The number of aryl methyl sites for hydroxylation is 1. The maximum absolute atomic E-state index is 12.8. The Labute approximate surface area is 150 Å². The topological polar surface area (TPSA) is 80.1 Å². The normalized spacial score (nSPS) is 16.1. The smallest absolute Gasteiger partial charge is 0.265 e. The summed E-state index contributed by atoms with van der Waals surface area (Å²) in [6.45, 7) is 3.44. The minimum atomic E-state index is -3.70. The van der Waals surface area contributed by atoms with Crippen molar-refractivity contribution in [1.29, 1.82) is 0 Å². The minimum Gasteiger partial charge on any atom is -0.464 e. The first-order valence-electron chi connectivity index (χ1n) is 7.86. The van der Waals surface area contributed by atoms with Gasteiger partial charge in [-0.3, -0.25) is 4.79 Å². The van der Waals surface area contributed by atoms with Gasteiger partial charge in [0, 0.05) is 20.1 Å². The number of carbonyl (C=O) groups excluding carboxylic acids is 1. The maximum Gasteiger partial charge on any atom is 0.265 e. The molecule has 136 valence electrons. The third-order valence-electron chi connectivity index (χ3n) is 3.95. The fraction of sp³-hybridized carbons (Fsp3) is 0.438. The Kier molecular flexibility index (Phi) is 5.28. The number of amides is 1. The highest BCUT2D eigenvalue weighted by molar-refractivity contribution is 7.89. The summed E-state index contributed by atoms with van der Waals surface area (Å²) >= 11 is 1.13. The second kappa shape index (κ2) is 7.28. The fourth-order valence-corrected chi connectivity index (χ4v) is 5.43. The van der Waals surface area contributed by atoms with E-state index in [1.807, 2.05) is 13.0 Å². The van der Waals surface area contributed by atoms with Crippen LogP contribution in [0.4, 0.5) is 0 Å². The van der Waals surface area contributed by atoms with Crippen LogP contribution in [0.3, 0.4) is 0 Å². The standard InChI is InChI=1S/C16H20N2O5S2/c1-12-3-4-13(23-12)11-17(2)16(19)15-14(5-10-24-15)25(20,21)18-6-8-22-9-7-18/h3-5,10H,6-9,11H2,1-2H3. The van der Waals surface area contributed by atoms with Crippen molar-refractivity contribution < 1.29 is 22.4 Å². The summed E-state index contributed by atoms with van der Waals surface area (Å²) in [6, 6.07) is 5.12. The molecule has 0 saturated carbocycles. The van der Waals surface area contributed by atoms with E-state index in [2.05, 4.69) is 0 Å². The van der Waals surface area contributed by atoms with E-state index in [0.29, 0.717) is 32.1 Å². The van der Waals surface area contributed by atoms with Crippen LogP contribution in [0, 0.1) is 6.92 Å². The quantitative estimate of drug-likeness (QED) is 0.787. The number of hydrogen-bond donors (Lipinski definition) is 0. The van der Waals surface area contributed by atoms with Gasteiger partial charge in [-0.25, -0.2) is 8.42 Å². The van der Waals surface area contributed by atoms with Crippen molar-refractivity contribution in [3.63, 3.8) is 0 Å². The van der Waals surface area contributed by atoms with Gasteiger partial charge in [-0.1, -0.05) is 0 Å². The van der Waals surface area contributed by atoms with Gasteiger partial charge in [0.05, 0.1) is 19.8 Å². The van der Waals surface area contributed by atoms with Crippen molar-refractivity contribution in [2.45, 2.75) is 18.4 Å². The number of sulfonamides is 1. The van der Waals surface area contributed by atoms with Gasteiger partial charge in [0.15, 0.2) is 0 Å². The maximum atomic E-state index is 12.8. The third-order valence-corrected chi connectivity index (χ3v) is 6.92. The van der Waals surface area contributed by atoms with Crippen LogP contribution in [0.15, 0.2) is 32.9 Å². The molecule has 1 saturated heterocycles. The van der Waals surface area contributed by atoms with Crippen molar-refractivity contribution in [2.75, 3.05) is 33.4 Å². The lowest BCUT2D eigenvalue weighted by Crippen LogP contribution is -2.41. The molecule has 0 aliphatic carbocycles. The third kappa shape index (κ3) is 3.79. The van der Waals surface area contributed by atoms with E-state index < -0.39 is 10.0 Å². The zero-order valence-corrected chi connectivity index (χ0v) is 15.7. The van der Waals surface area contributed by atoms with E-state index in [9.17, 15) is 13.2 Å². The summed E-state index contributed by atoms with van der Waals surface area (Å²) < 4.78 is 37.7. The van der Waals surface area contributed by atoms with Crippen molar-refractivity contribution >= 4 is 27.3 Å². The minimum absolute atomic E-state index is 0.0619. The van der Waals surface area contributed by atoms with Crippen molar-refractivity contribution in [2.24, 2.45) is 0 Å². The lowest BCUT2D eigenvalue weighted by molar-refractivity contribution is 0.0727. The summed E-state index contributed by atoms with van der Waals surface area (Å²) in [5, 5.41) is 1.63. The van der Waals surface area contributed by atoms with Crippen LogP contribution in [-0.2, 0) is 21.3 Å². The number of carbonyl (C=O) groups is 1. The average molecular weight is 384 g/mol. The molecular formula is C16H20N2O5S2. The first kappa shape index (κ1) is 18.1. The number of furan rings is 1. The first-order valence-corrected chi connectivity index (χ1v) is 10.2. The molecule has 3 rings (SSSR count). The van der Waals surface area contributed by atoms with Crippen LogP contribution in [0.25, 0.3) is 0 Å². The second-order valence-corrected chi connectivity index (χ2v) is 8.63. The highest BCUT2D eigenvalue weighted by atomic mass is 32.2. The van der Waals surface area contributed by atoms with Crippen molar-refractivity contribution in [1.82, 2.24) is 9.21 Å². The average Bonchev–Trinajstić information content (AvgIpc) is 3.24. The van der Waals surface area contributed by atoms with Gasteiger partial charge in [-0.15, -0.1) is 11.3 Å². The fourth-order valence-electron chi connectivity index (χ4n) is 2.63. The molecular weight excluding hydrogens is 364 g/mol. The molecule has 2 aromatic rings. The van der Waals surface area contributed by atoms with Gasteiger partial charge in [0.1, 0.15) is 21.3 Å². The molecule has 0 radical (unpaired) electrons. The highest BCUT2D eigenvalue weighted by Crippen LogP contribution is 2.27. The van der Waals surface area contributed by atoms with Gasteiger partial charge in [0.2, 0.25) is 10.0 Å². The predicted octanol–water partition coefficient (Wildman–Crippen LogP) is 1.94. The van der Waals surface area contributed by atoms with E-state index in [1.54, 1.807) is 18.5 Å². The number of hydrogen-bond acceptors (Lipinski definition) is 6. The lowest BCUT2D eigenvalue weighted by atomic mass is 10.3. The molecule has 1 fully saturated rings. The first-order chi connectivity index (χ1) is 11.9. The molecule has 0 aromatic carbocycles. The second-order valence-electron chi connectivity index (χ2n) is 5.80. The van der Waals surface area contributed by atoms with Gasteiger partial charge < -0.3 is 14.1 Å². The van der Waals surface area contributed by atoms with Crippen molar-refractivity contribution in [3.8, 4) is 0 Å². The summed E-state index contributed by atoms with van der Waals surface area (Å²) in [4.78, 5) is 14.5. The Hall–Kier alpha value is -1.68. The molecule has 2 aromatic heterocycles. The molecule has 7 nitrogen and oxygen atoms in total. The Morgan fingerprint density at radius 3 is 2.64 bits per heavy atom. The van der Waals surface area contributed by atoms with E-state index in [0.717, 1.165) is 17.1 Å². The van der Waals surface area contributed by atoms with Gasteiger partial charge in [-0.2, -0.15) is 4.31 Å². The summed E-state index contributed by atoms with van der Waals surface area (Å²) in [6.07, 6.45) is 0. The van der Waals surface area contributed by atoms with Crippen LogP contribution in [0.2, 0.25) is 0 Å². The molecule has 1 aliphatic rings. The van der Waals surface area contributed by atoms with Crippen LogP contribution in [-0.4, -0.2) is 56.9 Å². The monoisotopic (exact) mass is 384 g/mol. The van der Waals surface area contributed by atoms with E-state index in [1.165, 1.54) is 15.3 Å². The lowest BCUT2D eigenvalue weighted by Gasteiger charge is -2.26. The number of morpholine rings is 1. The van der Waals surface area contributed by atoms with Crippen LogP contribution in [0.5, 0.6) is 0 Å². The molecule has 1 amide bonds. The number of nitrogens with zero attached hydrogens (tertiary/aromatic N) is 2. The highest BCUT2D eigenvalue weighted by Gasteiger charge is 2.32. The van der Waals surface area contributed by atoms with Crippen LogP contribution in [0.1, 0.15) is 21.2 Å². The number of thiophene rings is 1. The molecule has 25 heavy (non-hydrogen) atoms. The van der Waals surface area contributed by atoms with E-state index in [4.69, 9.17) is 9.15 Å². The summed E-state index contributed by atoms with van der Waals surface area (Å²) in [7, 11) is -2.07. The summed E-state index contributed by atoms with van der Waals surface area (Å²) in [5.41, 5.74) is 0. The van der Waals surface area contributed by atoms with Gasteiger partial charge in [-0.05, 0) is 30.5 Å². The van der Waals surface area contributed by atoms with E-state index in [-0.39, 0.29) is 22.2 Å². The van der Waals surface area contributed by atoms with Gasteiger partial charge >= 0.3 is 0 Å². The molecule has 1 aliphatic heterocycles. The van der Waals surface area contributed by atoms with Crippen LogP contribution >= 0.6 is 11.3 Å². The number of ether oxygens (including phenoxy) is 1. The Morgan fingerprint density at radius 1 is 1.28 bits per heavy atom. The van der Waals surface area contributed by atoms with Crippen molar-refractivity contribution in [3.05, 3.63) is 40.0 Å². The largest absolute Gasteiger partial charge is 0.464 e. The molecule has 0 bridgehead atoms. The zero-order chi connectivity index (χ0) is 18.0. The molecule has 0 spiro atoms. The molecule has 0 N–H and O–H groups in total. The Balaban J connectivity index is 1.81. The summed E-state index contributed by atoms with van der Waals surface area (Å²) in [5.74, 6) is 1.08. The molecule has 0 atom stereocenters. The van der Waals surface area contributed by atoms with Crippen LogP contribution < -0.4 is 0 Å². The Morgan fingerprint density at radius 2 is 2.00 bits per heavy atom. The molecule has 3 heterocycles. The molecule has 9 heteroatoms. The number of rotatable bonds is 5. The van der Waals surface area contributed by atoms with E-state index >= 15 is 0 Å². The Bertz CT molecular complexity index is 850. The zero-order valence-electron chi connectivity index (χ0n) is 14.1.